The fourth-order valence-corrected chi connectivity index (χ4v) is 3.18. The molecule has 13 heteroatoms. The van der Waals surface area contributed by atoms with Gasteiger partial charge in [0.15, 0.2) is 11.2 Å². The minimum absolute atomic E-state index is 0.109. The van der Waals surface area contributed by atoms with Crippen molar-refractivity contribution in [3.8, 4) is 0 Å². The summed E-state index contributed by atoms with van der Waals surface area (Å²) < 4.78 is 0. The van der Waals surface area contributed by atoms with Crippen molar-refractivity contribution in [3.05, 3.63) is 52.1 Å². The average Bonchev–Trinajstić information content (AvgIpc) is 2.82. The predicted molar refractivity (Wildman–Crippen MR) is 122 cm³/mol. The van der Waals surface area contributed by atoms with Crippen molar-refractivity contribution in [2.24, 2.45) is 0 Å². The van der Waals surface area contributed by atoms with Gasteiger partial charge < -0.3 is 30.7 Å². The van der Waals surface area contributed by atoms with E-state index in [9.17, 15) is 24.3 Å². The molecule has 0 bridgehead atoms. The number of aromatic nitrogens is 4. The molecule has 0 radical (unpaired) electrons. The largest absolute Gasteiger partial charge is 0.481 e. The number of H-pyrrole nitrogens is 1. The van der Waals surface area contributed by atoms with Crippen LogP contribution < -0.4 is 16.2 Å². The maximum absolute atomic E-state index is 12.7. The topological polar surface area (TPSA) is 190 Å². The Morgan fingerprint density at radius 1 is 1.15 bits per heavy atom. The summed E-state index contributed by atoms with van der Waals surface area (Å²) in [6, 6.07) is 5.07. The smallest absolute Gasteiger partial charge is 0.326 e. The summed E-state index contributed by atoms with van der Waals surface area (Å²) >= 11 is 0. The first kappa shape index (κ1) is 24.1. The van der Waals surface area contributed by atoms with Crippen LogP contribution in [0.2, 0.25) is 0 Å². The Kier molecular flexibility index (Phi) is 7.36. The van der Waals surface area contributed by atoms with Gasteiger partial charge in [-0.2, -0.15) is 4.98 Å². The van der Waals surface area contributed by atoms with Crippen LogP contribution in [0.25, 0.3) is 11.2 Å². The van der Waals surface area contributed by atoms with E-state index in [1.54, 1.807) is 19.2 Å². The molecular formula is C21H23N7O6. The second-order valence-electron chi connectivity index (χ2n) is 7.33. The molecule has 2 heterocycles. The maximum Gasteiger partial charge on any atom is 0.326 e. The Balaban J connectivity index is 1.67. The number of hydrogen-bond acceptors (Lipinski definition) is 9. The first-order valence-corrected chi connectivity index (χ1v) is 10.2. The number of nitrogens with zero attached hydrogens (tertiary/aromatic N) is 4. The minimum Gasteiger partial charge on any atom is -0.481 e. The first-order valence-electron chi connectivity index (χ1n) is 10.2. The fourth-order valence-electron chi connectivity index (χ4n) is 3.18. The van der Waals surface area contributed by atoms with Gasteiger partial charge in [0.05, 0.1) is 18.4 Å². The molecule has 1 atom stereocenters. The molecule has 34 heavy (non-hydrogen) atoms. The van der Waals surface area contributed by atoms with Crippen molar-refractivity contribution in [2.75, 3.05) is 24.7 Å². The summed E-state index contributed by atoms with van der Waals surface area (Å²) in [7, 11) is 2.94. The molecule has 0 unspecified atom stereocenters. The lowest BCUT2D eigenvalue weighted by Crippen LogP contribution is -2.42. The summed E-state index contributed by atoms with van der Waals surface area (Å²) in [6.07, 6.45) is 0.947. The number of fused-ring (bicyclic) bond motifs is 1. The van der Waals surface area contributed by atoms with E-state index in [0.29, 0.717) is 17.0 Å². The van der Waals surface area contributed by atoms with Crippen LogP contribution in [0.3, 0.4) is 0 Å². The molecule has 0 spiro atoms. The zero-order valence-electron chi connectivity index (χ0n) is 18.4. The molecule has 3 aromatic rings. The number of amides is 1. The number of carboxylic acid groups (broad SMARTS) is 2. The highest BCUT2D eigenvalue weighted by molar-refractivity contribution is 5.96. The van der Waals surface area contributed by atoms with E-state index < -0.39 is 29.4 Å². The molecule has 0 aliphatic carbocycles. The second-order valence-corrected chi connectivity index (χ2v) is 7.33. The molecule has 5 N–H and O–H groups in total. The predicted octanol–water partition coefficient (Wildman–Crippen LogP) is 0.757. The van der Waals surface area contributed by atoms with Gasteiger partial charge in [-0.3, -0.25) is 14.4 Å². The fraction of sp³-hybridized carbons (Fsp3) is 0.286. The number of carboxylic acids is 2. The van der Waals surface area contributed by atoms with Gasteiger partial charge in [0.1, 0.15) is 6.04 Å². The van der Waals surface area contributed by atoms with Crippen LogP contribution >= 0.6 is 0 Å². The Hall–Kier alpha value is -4.55. The highest BCUT2D eigenvalue weighted by Crippen LogP contribution is 2.15. The van der Waals surface area contributed by atoms with E-state index >= 15 is 0 Å². The molecule has 1 aromatic carbocycles. The maximum atomic E-state index is 12.7. The van der Waals surface area contributed by atoms with Crippen LogP contribution in [0.4, 0.5) is 11.6 Å². The highest BCUT2D eigenvalue weighted by Gasteiger charge is 2.27. The van der Waals surface area contributed by atoms with Crippen molar-refractivity contribution >= 4 is 40.6 Å². The summed E-state index contributed by atoms with van der Waals surface area (Å²) in [5, 5.41) is 24.0. The first-order chi connectivity index (χ1) is 16.2. The molecule has 178 valence electrons. The van der Waals surface area contributed by atoms with E-state index in [-0.39, 0.29) is 36.4 Å². The zero-order chi connectivity index (χ0) is 24.8. The molecule has 0 aliphatic rings. The third-order valence-electron chi connectivity index (χ3n) is 5.02. The summed E-state index contributed by atoms with van der Waals surface area (Å²) in [5.74, 6) is -2.67. The lowest BCUT2D eigenvalue weighted by atomic mass is 10.1. The Labute approximate surface area is 192 Å². The van der Waals surface area contributed by atoms with Gasteiger partial charge in [0.25, 0.3) is 5.91 Å². The zero-order valence-corrected chi connectivity index (χ0v) is 18.4. The van der Waals surface area contributed by atoms with E-state index in [2.05, 4.69) is 30.6 Å². The van der Waals surface area contributed by atoms with Crippen molar-refractivity contribution in [3.63, 3.8) is 0 Å². The normalized spacial score (nSPS) is 11.6. The number of benzene rings is 1. The van der Waals surface area contributed by atoms with Crippen LogP contribution in [0.1, 0.15) is 28.9 Å². The molecule has 1 amide bonds. The Morgan fingerprint density at radius 3 is 2.47 bits per heavy atom. The van der Waals surface area contributed by atoms with Crippen LogP contribution in [-0.2, 0) is 16.1 Å². The third kappa shape index (κ3) is 5.62. The molecule has 0 fully saturated rings. The van der Waals surface area contributed by atoms with E-state index in [1.165, 1.54) is 25.4 Å². The SMILES string of the molecule is CNc1nc(=O)c2nc(CNc3ccc(C(=O)N(C)[C@@H](CCC(=O)O)C(=O)O)cc3)cnc2[nH]1. The van der Waals surface area contributed by atoms with Gasteiger partial charge in [0.2, 0.25) is 5.95 Å². The van der Waals surface area contributed by atoms with E-state index in [0.717, 1.165) is 4.90 Å². The minimum atomic E-state index is -1.27. The van der Waals surface area contributed by atoms with Gasteiger partial charge in [0, 0.05) is 31.8 Å². The monoisotopic (exact) mass is 469 g/mol. The molecule has 0 saturated heterocycles. The molecular weight excluding hydrogens is 446 g/mol. The lowest BCUT2D eigenvalue weighted by Gasteiger charge is -2.24. The molecule has 0 saturated carbocycles. The second kappa shape index (κ2) is 10.4. The Bertz CT molecular complexity index is 1270. The highest BCUT2D eigenvalue weighted by atomic mass is 16.4. The quantitative estimate of drug-likeness (QED) is 0.282. The summed E-state index contributed by atoms with van der Waals surface area (Å²) in [5.41, 5.74) is 1.31. The van der Waals surface area contributed by atoms with Crippen LogP contribution in [-0.4, -0.2) is 73.0 Å². The van der Waals surface area contributed by atoms with Crippen molar-refractivity contribution in [2.45, 2.75) is 25.4 Å². The number of nitrogens with one attached hydrogen (secondary N) is 3. The van der Waals surface area contributed by atoms with Gasteiger partial charge >= 0.3 is 17.5 Å². The van der Waals surface area contributed by atoms with Gasteiger partial charge in [-0.05, 0) is 30.7 Å². The number of aromatic amines is 1. The van der Waals surface area contributed by atoms with E-state index in [4.69, 9.17) is 5.11 Å². The van der Waals surface area contributed by atoms with Crippen LogP contribution in [0, 0.1) is 0 Å². The number of hydrogen-bond donors (Lipinski definition) is 5. The van der Waals surface area contributed by atoms with Gasteiger partial charge in [-0.25, -0.2) is 14.8 Å². The van der Waals surface area contributed by atoms with Gasteiger partial charge in [-0.15, -0.1) is 0 Å². The number of anilines is 2. The lowest BCUT2D eigenvalue weighted by molar-refractivity contribution is -0.143. The number of rotatable bonds is 10. The number of likely N-dealkylation sites (N-methyl/N-ethyl adjacent to an activating group) is 1. The van der Waals surface area contributed by atoms with Crippen molar-refractivity contribution in [1.82, 2.24) is 24.8 Å². The Morgan fingerprint density at radius 2 is 1.85 bits per heavy atom. The van der Waals surface area contributed by atoms with Gasteiger partial charge in [-0.1, -0.05) is 0 Å². The van der Waals surface area contributed by atoms with Crippen LogP contribution in [0.15, 0.2) is 35.3 Å². The van der Waals surface area contributed by atoms with Crippen LogP contribution in [0.5, 0.6) is 0 Å². The summed E-state index contributed by atoms with van der Waals surface area (Å²) in [6.45, 7) is 0.250. The molecule has 3 rings (SSSR count). The molecule has 0 aliphatic heterocycles. The average molecular weight is 469 g/mol. The van der Waals surface area contributed by atoms with Crippen molar-refractivity contribution < 1.29 is 24.6 Å². The van der Waals surface area contributed by atoms with E-state index in [1.807, 2.05) is 0 Å². The number of aliphatic carboxylic acids is 2. The summed E-state index contributed by atoms with van der Waals surface area (Å²) in [4.78, 5) is 63.2. The number of carbonyl (C=O) groups is 3. The standard InChI is InChI=1S/C21H23N7O6/c1-22-21-26-17-16(18(31)27-21)25-13(10-24-17)9-23-12-5-3-11(4-6-12)19(32)28(2)14(20(33)34)7-8-15(29)30/h3-6,10,14,23H,7-9H2,1-2H3,(H,29,30)(H,33,34)(H2,22,24,26,27,31)/t14-/m0/s1. The van der Waals surface area contributed by atoms with Crippen molar-refractivity contribution in [1.29, 1.82) is 0 Å². The molecule has 13 nitrogen and oxygen atoms in total. The number of carbonyl (C=O) groups excluding carboxylic acids is 1. The molecule has 2 aromatic heterocycles. The third-order valence-corrected chi connectivity index (χ3v) is 5.02.